The molecule has 0 aromatic carbocycles. The van der Waals surface area contributed by atoms with Crippen LogP contribution < -0.4 is 11.5 Å². The first kappa shape index (κ1) is 16.9. The molecule has 0 fully saturated rings. The normalized spacial score (nSPS) is 13.7. The summed E-state index contributed by atoms with van der Waals surface area (Å²) in [4.78, 5) is 32.9. The molecule has 0 heterocycles. The van der Waals surface area contributed by atoms with Gasteiger partial charge in [-0.3, -0.25) is 14.4 Å². The zero-order valence-electron chi connectivity index (χ0n) is 10.1. The van der Waals surface area contributed by atoms with Crippen molar-refractivity contribution >= 4 is 28.8 Å². The van der Waals surface area contributed by atoms with Gasteiger partial charge in [-0.1, -0.05) is 11.8 Å². The summed E-state index contributed by atoms with van der Waals surface area (Å²) in [7, 11) is 0. The lowest BCUT2D eigenvalue weighted by molar-refractivity contribution is -0.144. The molecule has 0 radical (unpaired) electrons. The SMILES string of the molecule is CCOC(=O)[C@@H](N)CSC(=O)[C@@H](N)CCC(=O)O. The summed E-state index contributed by atoms with van der Waals surface area (Å²) >= 11 is 0.816. The molecule has 0 aromatic heterocycles. The third-order valence-corrected chi connectivity index (χ3v) is 3.08. The maximum Gasteiger partial charge on any atom is 0.323 e. The Hall–Kier alpha value is -1.12. The molecule has 8 heteroatoms. The number of nitrogens with two attached hydrogens (primary N) is 2. The van der Waals surface area contributed by atoms with Crippen LogP contribution in [0.3, 0.4) is 0 Å². The molecule has 0 aliphatic carbocycles. The van der Waals surface area contributed by atoms with Gasteiger partial charge in [0.05, 0.1) is 12.6 Å². The minimum atomic E-state index is -1.01. The monoisotopic (exact) mass is 278 g/mol. The van der Waals surface area contributed by atoms with Gasteiger partial charge in [0.1, 0.15) is 6.04 Å². The number of hydrogen-bond acceptors (Lipinski definition) is 7. The molecule has 0 saturated carbocycles. The number of ether oxygens (including phenoxy) is 1. The minimum absolute atomic E-state index is 0.0653. The van der Waals surface area contributed by atoms with Crippen molar-refractivity contribution < 1.29 is 24.2 Å². The number of hydrogen-bond donors (Lipinski definition) is 3. The number of carboxylic acid groups (broad SMARTS) is 1. The molecule has 104 valence electrons. The van der Waals surface area contributed by atoms with Gasteiger partial charge in [0.2, 0.25) is 5.12 Å². The maximum absolute atomic E-state index is 11.5. The number of carboxylic acids is 1. The van der Waals surface area contributed by atoms with Crippen molar-refractivity contribution in [1.29, 1.82) is 0 Å². The van der Waals surface area contributed by atoms with Crippen LogP contribution in [0.1, 0.15) is 19.8 Å². The van der Waals surface area contributed by atoms with Crippen LogP contribution in [0.25, 0.3) is 0 Å². The van der Waals surface area contributed by atoms with Crippen LogP contribution in [0.2, 0.25) is 0 Å². The molecule has 0 bridgehead atoms. The largest absolute Gasteiger partial charge is 0.481 e. The van der Waals surface area contributed by atoms with Gasteiger partial charge in [-0.2, -0.15) is 0 Å². The molecule has 0 amide bonds. The van der Waals surface area contributed by atoms with Gasteiger partial charge >= 0.3 is 11.9 Å². The van der Waals surface area contributed by atoms with Crippen molar-refractivity contribution in [2.24, 2.45) is 11.5 Å². The standard InChI is InChI=1S/C10H18N2O5S/c1-2-17-9(15)7(12)5-18-10(16)6(11)3-4-8(13)14/h6-7H,2-5,11-12H2,1H3,(H,13,14)/t6-,7-/m0/s1. The molecular formula is C10H18N2O5S. The quantitative estimate of drug-likeness (QED) is 0.498. The summed E-state index contributed by atoms with van der Waals surface area (Å²) in [5, 5.41) is 8.06. The van der Waals surface area contributed by atoms with Crippen molar-refractivity contribution in [2.45, 2.75) is 31.8 Å². The minimum Gasteiger partial charge on any atom is -0.481 e. The van der Waals surface area contributed by atoms with Crippen LogP contribution in [-0.2, 0) is 19.1 Å². The number of carbonyl (C=O) groups excluding carboxylic acids is 2. The van der Waals surface area contributed by atoms with E-state index in [1.54, 1.807) is 6.92 Å². The van der Waals surface area contributed by atoms with Crippen molar-refractivity contribution in [2.75, 3.05) is 12.4 Å². The Morgan fingerprint density at radius 3 is 2.39 bits per heavy atom. The van der Waals surface area contributed by atoms with E-state index >= 15 is 0 Å². The number of thioether (sulfide) groups is 1. The van der Waals surface area contributed by atoms with Crippen molar-refractivity contribution in [3.63, 3.8) is 0 Å². The fourth-order valence-corrected chi connectivity index (χ4v) is 1.80. The summed E-state index contributed by atoms with van der Waals surface area (Å²) in [6.45, 7) is 1.88. The Balaban J connectivity index is 3.94. The third kappa shape index (κ3) is 7.25. The predicted octanol–water partition coefficient (Wildman–Crippen LogP) is -0.671. The first-order valence-corrected chi connectivity index (χ1v) is 6.43. The van der Waals surface area contributed by atoms with E-state index in [1.807, 2.05) is 0 Å². The molecule has 0 rings (SSSR count). The van der Waals surface area contributed by atoms with E-state index < -0.39 is 24.0 Å². The Morgan fingerprint density at radius 1 is 1.28 bits per heavy atom. The zero-order chi connectivity index (χ0) is 14.1. The van der Waals surface area contributed by atoms with Gasteiger partial charge in [0.25, 0.3) is 0 Å². The van der Waals surface area contributed by atoms with E-state index in [0.717, 1.165) is 11.8 Å². The Bertz CT molecular complexity index is 311. The topological polar surface area (TPSA) is 133 Å². The van der Waals surface area contributed by atoms with E-state index in [-0.39, 0.29) is 30.3 Å². The number of rotatable bonds is 8. The second-order valence-electron chi connectivity index (χ2n) is 3.53. The highest BCUT2D eigenvalue weighted by Gasteiger charge is 2.20. The van der Waals surface area contributed by atoms with Crippen LogP contribution in [0.4, 0.5) is 0 Å². The molecular weight excluding hydrogens is 260 g/mol. The van der Waals surface area contributed by atoms with Crippen molar-refractivity contribution in [3.05, 3.63) is 0 Å². The summed E-state index contributed by atoms with van der Waals surface area (Å²) in [5.74, 6) is -1.51. The molecule has 0 spiro atoms. The average molecular weight is 278 g/mol. The predicted molar refractivity (Wildman–Crippen MR) is 66.9 cm³/mol. The van der Waals surface area contributed by atoms with Crippen molar-refractivity contribution in [3.8, 4) is 0 Å². The lowest BCUT2D eigenvalue weighted by atomic mass is 10.2. The van der Waals surface area contributed by atoms with Crippen LogP contribution in [0.15, 0.2) is 0 Å². The highest BCUT2D eigenvalue weighted by Crippen LogP contribution is 2.10. The number of carbonyl (C=O) groups is 3. The van der Waals surface area contributed by atoms with Crippen LogP contribution >= 0.6 is 11.8 Å². The zero-order valence-corrected chi connectivity index (χ0v) is 10.9. The van der Waals surface area contributed by atoms with Gasteiger partial charge in [-0.15, -0.1) is 0 Å². The molecule has 18 heavy (non-hydrogen) atoms. The van der Waals surface area contributed by atoms with E-state index in [2.05, 4.69) is 4.74 Å². The fraction of sp³-hybridized carbons (Fsp3) is 0.700. The van der Waals surface area contributed by atoms with Gasteiger partial charge in [-0.25, -0.2) is 0 Å². The Morgan fingerprint density at radius 2 is 1.89 bits per heavy atom. The van der Waals surface area contributed by atoms with E-state index in [9.17, 15) is 14.4 Å². The van der Waals surface area contributed by atoms with Gasteiger partial charge < -0.3 is 21.3 Å². The van der Waals surface area contributed by atoms with Crippen molar-refractivity contribution in [1.82, 2.24) is 0 Å². The first-order chi connectivity index (χ1) is 8.38. The average Bonchev–Trinajstić information content (AvgIpc) is 2.32. The molecule has 2 atom stereocenters. The van der Waals surface area contributed by atoms with Crippen LogP contribution in [0.5, 0.6) is 0 Å². The lowest BCUT2D eigenvalue weighted by Gasteiger charge is -2.11. The van der Waals surface area contributed by atoms with Crippen LogP contribution in [-0.4, -0.2) is 46.6 Å². The van der Waals surface area contributed by atoms with Gasteiger partial charge in [-0.05, 0) is 13.3 Å². The number of aliphatic carboxylic acids is 1. The van der Waals surface area contributed by atoms with E-state index in [1.165, 1.54) is 0 Å². The summed E-state index contributed by atoms with van der Waals surface area (Å²) in [5.41, 5.74) is 11.0. The highest BCUT2D eigenvalue weighted by atomic mass is 32.2. The first-order valence-electron chi connectivity index (χ1n) is 5.44. The van der Waals surface area contributed by atoms with Crippen LogP contribution in [0, 0.1) is 0 Å². The molecule has 0 aliphatic rings. The van der Waals surface area contributed by atoms with Gasteiger partial charge in [0.15, 0.2) is 0 Å². The molecule has 0 aromatic rings. The third-order valence-electron chi connectivity index (χ3n) is 1.97. The number of esters is 1. The molecule has 7 nitrogen and oxygen atoms in total. The Labute approximate surface area is 109 Å². The smallest absolute Gasteiger partial charge is 0.323 e. The molecule has 0 aliphatic heterocycles. The fourth-order valence-electron chi connectivity index (χ4n) is 0.993. The Kier molecular flexibility index (Phi) is 8.34. The molecule has 0 unspecified atom stereocenters. The summed E-state index contributed by atoms with van der Waals surface area (Å²) in [6.07, 6.45) is -0.104. The lowest BCUT2D eigenvalue weighted by Crippen LogP contribution is -2.36. The second-order valence-corrected chi connectivity index (χ2v) is 4.55. The second kappa shape index (κ2) is 8.90. The summed E-state index contributed by atoms with van der Waals surface area (Å²) < 4.78 is 4.68. The molecule has 5 N–H and O–H groups in total. The van der Waals surface area contributed by atoms with E-state index in [4.69, 9.17) is 16.6 Å². The maximum atomic E-state index is 11.5. The van der Waals surface area contributed by atoms with Gasteiger partial charge in [0, 0.05) is 12.2 Å². The summed E-state index contributed by atoms with van der Waals surface area (Å²) in [6, 6.07) is -1.74. The van der Waals surface area contributed by atoms with E-state index in [0.29, 0.717) is 0 Å². The highest BCUT2D eigenvalue weighted by molar-refractivity contribution is 8.13. The molecule has 0 saturated heterocycles.